The van der Waals surface area contributed by atoms with Gasteiger partial charge in [-0.1, -0.05) is 26.8 Å². The Bertz CT molecular complexity index is 1410. The molecule has 11 heteroatoms. The van der Waals surface area contributed by atoms with Crippen molar-refractivity contribution in [2.75, 3.05) is 17.2 Å². The lowest BCUT2D eigenvalue weighted by Gasteiger charge is -2.34. The van der Waals surface area contributed by atoms with E-state index in [0.29, 0.717) is 46.2 Å². The molecule has 37 heavy (non-hydrogen) atoms. The van der Waals surface area contributed by atoms with Crippen LogP contribution in [0.15, 0.2) is 48.6 Å². The summed E-state index contributed by atoms with van der Waals surface area (Å²) in [7, 11) is 6.92. The Balaban J connectivity index is 1.60. The molecule has 188 valence electrons. The van der Waals surface area contributed by atoms with Crippen LogP contribution in [0.5, 0.6) is 0 Å². The highest BCUT2D eigenvalue weighted by molar-refractivity contribution is 6.19. The van der Waals surface area contributed by atoms with Crippen molar-refractivity contribution in [3.63, 3.8) is 0 Å². The molecule has 1 unspecified atom stereocenters. The van der Waals surface area contributed by atoms with Crippen molar-refractivity contribution in [2.24, 2.45) is 5.41 Å². The summed E-state index contributed by atoms with van der Waals surface area (Å²) >= 11 is 0. The van der Waals surface area contributed by atoms with Gasteiger partial charge in [-0.25, -0.2) is 9.37 Å². The Kier molecular flexibility index (Phi) is 6.16. The Morgan fingerprint density at radius 3 is 2.62 bits per heavy atom. The third kappa shape index (κ3) is 5.02. The summed E-state index contributed by atoms with van der Waals surface area (Å²) in [5.74, 6) is -1.22. The van der Waals surface area contributed by atoms with E-state index in [0.717, 1.165) is 12.8 Å². The third-order valence-corrected chi connectivity index (χ3v) is 6.32. The molecule has 0 saturated heterocycles. The monoisotopic (exact) mass is 500 g/mol. The van der Waals surface area contributed by atoms with Gasteiger partial charge in [0.05, 0.1) is 22.4 Å². The summed E-state index contributed by atoms with van der Waals surface area (Å²) in [5.41, 5.74) is 6.95. The van der Waals surface area contributed by atoms with E-state index in [1.165, 1.54) is 30.6 Å². The van der Waals surface area contributed by atoms with E-state index in [1.54, 1.807) is 6.07 Å². The average molecular weight is 500 g/mol. The highest BCUT2D eigenvalue weighted by Gasteiger charge is 2.38. The number of aromatic nitrogens is 2. The van der Waals surface area contributed by atoms with E-state index in [4.69, 9.17) is 7.85 Å². The topological polar surface area (TPSA) is 101 Å². The van der Waals surface area contributed by atoms with Gasteiger partial charge in [-0.15, -0.1) is 5.53 Å². The van der Waals surface area contributed by atoms with Crippen LogP contribution in [-0.4, -0.2) is 35.4 Å². The first-order valence-corrected chi connectivity index (χ1v) is 12.0. The van der Waals surface area contributed by atoms with Crippen molar-refractivity contribution in [3.05, 3.63) is 71.4 Å². The first kappa shape index (κ1) is 24.8. The molecule has 1 aliphatic carbocycles. The molecule has 1 saturated carbocycles. The lowest BCUT2D eigenvalue weighted by Crippen LogP contribution is -2.45. The Morgan fingerprint density at radius 2 is 1.97 bits per heavy atom. The van der Waals surface area contributed by atoms with Crippen molar-refractivity contribution >= 4 is 30.1 Å². The van der Waals surface area contributed by atoms with Crippen LogP contribution in [0.3, 0.4) is 0 Å². The smallest absolute Gasteiger partial charge is 0.212 e. The minimum atomic E-state index is -1.42. The number of benzene rings is 1. The largest absolute Gasteiger partial charge is 0.383 e. The Morgan fingerprint density at radius 1 is 1.19 bits per heavy atom. The van der Waals surface area contributed by atoms with E-state index in [-0.39, 0.29) is 10.9 Å². The second kappa shape index (κ2) is 9.19. The predicted molar refractivity (Wildman–Crippen MR) is 139 cm³/mol. The lowest BCUT2D eigenvalue weighted by molar-refractivity contribution is 0.260. The van der Waals surface area contributed by atoms with Gasteiger partial charge in [-0.2, -0.15) is 9.65 Å². The van der Waals surface area contributed by atoms with Crippen LogP contribution in [0.4, 0.5) is 20.2 Å². The van der Waals surface area contributed by atoms with Crippen LogP contribution < -0.4 is 21.6 Å². The second-order valence-electron chi connectivity index (χ2n) is 10.6. The molecule has 4 N–H and O–H groups in total. The molecule has 3 heterocycles. The number of hydrogen-bond donors (Lipinski definition) is 4. The standard InChI is InChI=1S/C26H27BF2N8/c1-25(2,3)14-33-23-15(10-30)11-32-24-19(23)8-17(9-20(24)28)34-26(27,16-4-7-22(29)31-12-16)21-13-37(36-35-21)18-5-6-18/h4,7-9,11-13,18,34-36H,5-6,14H2,1-3H3,(H,32,33). The van der Waals surface area contributed by atoms with Gasteiger partial charge in [0.1, 0.15) is 19.4 Å². The molecule has 1 aliphatic heterocycles. The molecule has 0 spiro atoms. The summed E-state index contributed by atoms with van der Waals surface area (Å²) in [6.07, 6.45) is 6.66. The summed E-state index contributed by atoms with van der Waals surface area (Å²) in [6.45, 7) is 6.74. The molecule has 0 amide bonds. The number of fused-ring (bicyclic) bond motifs is 1. The van der Waals surface area contributed by atoms with Crippen molar-refractivity contribution < 1.29 is 8.78 Å². The zero-order valence-electron chi connectivity index (χ0n) is 20.9. The van der Waals surface area contributed by atoms with Crippen LogP contribution >= 0.6 is 0 Å². The molecule has 2 radical (unpaired) electrons. The highest BCUT2D eigenvalue weighted by Crippen LogP contribution is 2.36. The summed E-state index contributed by atoms with van der Waals surface area (Å²) < 4.78 is 29.0. The molecule has 5 rings (SSSR count). The number of pyridine rings is 2. The van der Waals surface area contributed by atoms with E-state index in [1.807, 2.05) is 11.2 Å². The average Bonchev–Trinajstić information content (AvgIpc) is 3.58. The molecule has 1 aromatic carbocycles. The molecule has 0 bridgehead atoms. The lowest BCUT2D eigenvalue weighted by atomic mass is 9.70. The number of anilines is 2. The van der Waals surface area contributed by atoms with Crippen molar-refractivity contribution in [2.45, 2.75) is 45.1 Å². The van der Waals surface area contributed by atoms with Gasteiger partial charge in [-0.05, 0) is 42.0 Å². The normalized spacial score (nSPS) is 17.1. The highest BCUT2D eigenvalue weighted by atomic mass is 19.1. The molecule has 2 aliphatic rings. The second-order valence-corrected chi connectivity index (χ2v) is 10.6. The van der Waals surface area contributed by atoms with Crippen LogP contribution in [-0.2, 0) is 5.44 Å². The predicted octanol–water partition coefficient (Wildman–Crippen LogP) is 4.00. The number of hydrazine groups is 2. The molecular weight excluding hydrogens is 473 g/mol. The third-order valence-electron chi connectivity index (χ3n) is 6.32. The van der Waals surface area contributed by atoms with Gasteiger partial charge in [0, 0.05) is 42.3 Å². The van der Waals surface area contributed by atoms with Gasteiger partial charge < -0.3 is 16.1 Å². The number of rotatable bonds is 7. The molecule has 3 aromatic rings. The zero-order valence-corrected chi connectivity index (χ0v) is 20.9. The van der Waals surface area contributed by atoms with Gasteiger partial charge >= 0.3 is 0 Å². The molecule has 2 aromatic heterocycles. The molecule has 1 atom stereocenters. The number of nitrogens with zero attached hydrogens (tertiary/aromatic N) is 4. The number of hydrogen-bond acceptors (Lipinski definition) is 8. The Labute approximate surface area is 215 Å². The SMILES string of the molecule is [B]C(Nc1cc(F)c2ncc(C#N)c(NCC(C)(C)C)c2c1)(C1=CN(C2CC2)NN1)c1ccc(F)nc1. The summed E-state index contributed by atoms with van der Waals surface area (Å²) in [6, 6.07) is 8.25. The minimum Gasteiger partial charge on any atom is -0.383 e. The first-order valence-electron chi connectivity index (χ1n) is 12.0. The van der Waals surface area contributed by atoms with Crippen LogP contribution in [0.1, 0.15) is 44.7 Å². The van der Waals surface area contributed by atoms with Gasteiger partial charge in [0.2, 0.25) is 5.95 Å². The Hall–Kier alpha value is -3.91. The quantitative estimate of drug-likeness (QED) is 0.286. The van der Waals surface area contributed by atoms with Crippen LogP contribution in [0, 0.1) is 28.5 Å². The van der Waals surface area contributed by atoms with Gasteiger partial charge in [0.25, 0.3) is 0 Å². The van der Waals surface area contributed by atoms with E-state index in [9.17, 15) is 9.65 Å². The van der Waals surface area contributed by atoms with Crippen LogP contribution in [0.2, 0.25) is 0 Å². The van der Waals surface area contributed by atoms with Gasteiger partial charge in [0.15, 0.2) is 5.82 Å². The fourth-order valence-corrected chi connectivity index (χ4v) is 4.17. The maximum Gasteiger partial charge on any atom is 0.212 e. The molecular formula is C26H27BF2N8. The van der Waals surface area contributed by atoms with E-state index < -0.39 is 17.2 Å². The number of halogens is 2. The van der Waals surface area contributed by atoms with E-state index in [2.05, 4.69) is 58.4 Å². The van der Waals surface area contributed by atoms with Gasteiger partial charge in [-0.3, -0.25) is 9.99 Å². The molecule has 1 fully saturated rings. The fourth-order valence-electron chi connectivity index (χ4n) is 4.17. The van der Waals surface area contributed by atoms with E-state index >= 15 is 4.39 Å². The summed E-state index contributed by atoms with van der Waals surface area (Å²) in [5, 5.41) is 18.6. The number of nitrogens with one attached hydrogen (secondary N) is 4. The van der Waals surface area contributed by atoms with Crippen LogP contribution in [0.25, 0.3) is 10.9 Å². The number of nitriles is 1. The maximum absolute atomic E-state index is 15.4. The zero-order chi connectivity index (χ0) is 26.4. The van der Waals surface area contributed by atoms with Crippen molar-refractivity contribution in [1.29, 1.82) is 5.26 Å². The van der Waals surface area contributed by atoms with Crippen molar-refractivity contribution in [1.82, 2.24) is 25.9 Å². The first-order chi connectivity index (χ1) is 17.6. The van der Waals surface area contributed by atoms with Crippen molar-refractivity contribution in [3.8, 4) is 6.07 Å². The summed E-state index contributed by atoms with van der Waals surface area (Å²) in [4.78, 5) is 7.96. The minimum absolute atomic E-state index is 0.0836. The fraction of sp³-hybridized carbons (Fsp3) is 0.346. The maximum atomic E-state index is 15.4. The molecule has 8 nitrogen and oxygen atoms in total.